The van der Waals surface area contributed by atoms with E-state index in [1.54, 1.807) is 23.1 Å². The fourth-order valence-corrected chi connectivity index (χ4v) is 4.89. The summed E-state index contributed by atoms with van der Waals surface area (Å²) >= 11 is 12.7. The molecule has 0 saturated carbocycles. The van der Waals surface area contributed by atoms with Crippen molar-refractivity contribution < 1.29 is 4.39 Å². The number of benzene rings is 3. The molecule has 0 spiro atoms. The van der Waals surface area contributed by atoms with Crippen LogP contribution in [0.2, 0.25) is 10.0 Å². The smallest absolute Gasteiger partial charge is 0.141 e. The third-order valence-electron chi connectivity index (χ3n) is 6.40. The Labute approximate surface area is 244 Å². The molecule has 11 heteroatoms. The second kappa shape index (κ2) is 11.2. The van der Waals surface area contributed by atoms with E-state index < -0.39 is 11.9 Å². The van der Waals surface area contributed by atoms with E-state index >= 15 is 0 Å². The Morgan fingerprint density at radius 2 is 1.76 bits per heavy atom. The number of aromatic nitrogens is 5. The van der Waals surface area contributed by atoms with Gasteiger partial charge in [-0.2, -0.15) is 5.26 Å². The van der Waals surface area contributed by atoms with Crippen LogP contribution in [0.15, 0.2) is 97.6 Å². The average molecular weight is 581 g/mol. The quantitative estimate of drug-likeness (QED) is 0.202. The summed E-state index contributed by atoms with van der Waals surface area (Å²) in [5, 5.41) is 26.2. The van der Waals surface area contributed by atoms with Gasteiger partial charge in [0.1, 0.15) is 17.6 Å². The molecule has 0 saturated heterocycles. The maximum absolute atomic E-state index is 13.8. The van der Waals surface area contributed by atoms with Crippen molar-refractivity contribution in [2.75, 3.05) is 10.6 Å². The number of fused-ring (bicyclic) bond motifs is 1. The van der Waals surface area contributed by atoms with Crippen LogP contribution in [-0.4, -0.2) is 25.0 Å². The van der Waals surface area contributed by atoms with Crippen molar-refractivity contribution in [2.45, 2.75) is 6.04 Å². The van der Waals surface area contributed by atoms with E-state index in [-0.39, 0.29) is 10.6 Å². The molecule has 3 aromatic carbocycles. The predicted octanol–water partition coefficient (Wildman–Crippen LogP) is 7.47. The minimum atomic E-state index is -0.542. The van der Waals surface area contributed by atoms with Gasteiger partial charge in [-0.15, -0.1) is 5.10 Å². The molecule has 1 unspecified atom stereocenters. The Hall–Kier alpha value is -5.04. The summed E-state index contributed by atoms with van der Waals surface area (Å²) in [5.41, 5.74) is 4.79. The molecule has 2 N–H and O–H groups in total. The van der Waals surface area contributed by atoms with E-state index in [1.807, 2.05) is 54.7 Å². The molecule has 0 aliphatic heterocycles. The van der Waals surface area contributed by atoms with Gasteiger partial charge in [0.25, 0.3) is 0 Å². The van der Waals surface area contributed by atoms with E-state index in [4.69, 9.17) is 23.2 Å². The van der Waals surface area contributed by atoms with Crippen LogP contribution in [-0.2, 0) is 0 Å². The van der Waals surface area contributed by atoms with Crippen molar-refractivity contribution in [3.63, 3.8) is 0 Å². The van der Waals surface area contributed by atoms with Gasteiger partial charge in [-0.1, -0.05) is 58.7 Å². The monoisotopic (exact) mass is 580 g/mol. The highest BCUT2D eigenvalue weighted by Crippen LogP contribution is 2.37. The Kier molecular flexibility index (Phi) is 7.17. The maximum Gasteiger partial charge on any atom is 0.141 e. The summed E-state index contributed by atoms with van der Waals surface area (Å²) in [4.78, 5) is 8.58. The Balaban J connectivity index is 1.43. The molecule has 0 aliphatic rings. The first kappa shape index (κ1) is 26.2. The van der Waals surface area contributed by atoms with Gasteiger partial charge in [0.15, 0.2) is 0 Å². The SMILES string of the molecule is N#Cc1cnc2c(Cl)cc(NC(c3ccccc3)c3cn(-c4cccnc4)nn3)cc2c1Nc1ccc(F)c(Cl)c1. The lowest BCUT2D eigenvalue weighted by atomic mass is 10.0. The van der Waals surface area contributed by atoms with Crippen molar-refractivity contribution in [1.82, 2.24) is 25.0 Å². The molecule has 41 heavy (non-hydrogen) atoms. The minimum absolute atomic E-state index is 0.0442. The number of pyridine rings is 2. The standard InChI is InChI=1S/C30H19Cl2FN8/c31-24-12-20(8-9-26(24)33)37-28-19(14-34)15-36-30-23(28)11-21(13-25(30)32)38-29(18-5-2-1-3-6-18)27-17-41(40-39-27)22-7-4-10-35-16-22/h1-13,15-17,29,38H,(H,36,37). The van der Waals surface area contributed by atoms with Crippen molar-refractivity contribution in [3.05, 3.63) is 130 Å². The fraction of sp³-hybridized carbons (Fsp3) is 0.0333. The summed E-state index contributed by atoms with van der Waals surface area (Å²) < 4.78 is 15.4. The molecule has 8 nitrogen and oxygen atoms in total. The normalized spacial score (nSPS) is 11.7. The van der Waals surface area contributed by atoms with E-state index in [0.717, 1.165) is 11.3 Å². The molecule has 0 aliphatic carbocycles. The van der Waals surface area contributed by atoms with E-state index in [1.165, 1.54) is 24.4 Å². The molecule has 0 radical (unpaired) electrons. The van der Waals surface area contributed by atoms with Crippen LogP contribution in [0, 0.1) is 17.1 Å². The number of hydrogen-bond donors (Lipinski definition) is 2. The number of hydrogen-bond acceptors (Lipinski definition) is 7. The van der Waals surface area contributed by atoms with Gasteiger partial charge < -0.3 is 10.6 Å². The Morgan fingerprint density at radius 3 is 2.51 bits per heavy atom. The highest BCUT2D eigenvalue weighted by atomic mass is 35.5. The third-order valence-corrected chi connectivity index (χ3v) is 6.97. The molecule has 3 aromatic heterocycles. The van der Waals surface area contributed by atoms with Crippen LogP contribution in [0.3, 0.4) is 0 Å². The molecular weight excluding hydrogens is 562 g/mol. The molecule has 0 bridgehead atoms. The first-order valence-corrected chi connectivity index (χ1v) is 13.1. The van der Waals surface area contributed by atoms with Crippen molar-refractivity contribution >= 4 is 51.2 Å². The number of anilines is 3. The van der Waals surface area contributed by atoms with E-state index in [9.17, 15) is 9.65 Å². The van der Waals surface area contributed by atoms with Crippen molar-refractivity contribution in [3.8, 4) is 11.8 Å². The Morgan fingerprint density at radius 1 is 0.927 bits per heavy atom. The van der Waals surface area contributed by atoms with Gasteiger partial charge in [-0.05, 0) is 48.0 Å². The molecule has 6 rings (SSSR count). The predicted molar refractivity (Wildman–Crippen MR) is 157 cm³/mol. The lowest BCUT2D eigenvalue weighted by Gasteiger charge is -2.20. The second-order valence-corrected chi connectivity index (χ2v) is 9.87. The second-order valence-electron chi connectivity index (χ2n) is 9.05. The van der Waals surface area contributed by atoms with Crippen LogP contribution in [0.4, 0.5) is 21.5 Å². The number of nitrogens with one attached hydrogen (secondary N) is 2. The highest BCUT2D eigenvalue weighted by Gasteiger charge is 2.20. The summed E-state index contributed by atoms with van der Waals surface area (Å²) in [7, 11) is 0. The fourth-order valence-electron chi connectivity index (χ4n) is 4.45. The Bertz CT molecular complexity index is 1910. The van der Waals surface area contributed by atoms with Gasteiger partial charge in [-0.25, -0.2) is 9.07 Å². The van der Waals surface area contributed by atoms with Crippen LogP contribution < -0.4 is 10.6 Å². The summed E-state index contributed by atoms with van der Waals surface area (Å²) in [6.45, 7) is 0. The number of nitrogens with zero attached hydrogens (tertiary/aromatic N) is 6. The van der Waals surface area contributed by atoms with Gasteiger partial charge >= 0.3 is 0 Å². The molecule has 0 amide bonds. The summed E-state index contributed by atoms with van der Waals surface area (Å²) in [5.74, 6) is -0.542. The largest absolute Gasteiger partial charge is 0.373 e. The van der Waals surface area contributed by atoms with Gasteiger partial charge in [-0.3, -0.25) is 9.97 Å². The molecule has 3 heterocycles. The number of rotatable bonds is 7. The average Bonchev–Trinajstić information content (AvgIpc) is 3.49. The van der Waals surface area contributed by atoms with E-state index in [2.05, 4.69) is 37.0 Å². The van der Waals surface area contributed by atoms with Crippen molar-refractivity contribution in [2.24, 2.45) is 0 Å². The number of nitriles is 1. The molecular formula is C30H19Cl2FN8. The zero-order valence-electron chi connectivity index (χ0n) is 21.1. The first-order valence-electron chi connectivity index (χ1n) is 12.4. The van der Waals surface area contributed by atoms with Gasteiger partial charge in [0, 0.05) is 29.2 Å². The lowest BCUT2D eigenvalue weighted by Crippen LogP contribution is -2.13. The first-order chi connectivity index (χ1) is 20.0. The van der Waals surface area contributed by atoms with Crippen molar-refractivity contribution in [1.29, 1.82) is 5.26 Å². The van der Waals surface area contributed by atoms with Crippen LogP contribution in [0.1, 0.15) is 22.9 Å². The zero-order valence-corrected chi connectivity index (χ0v) is 22.6. The summed E-state index contributed by atoms with van der Waals surface area (Å²) in [6, 6.07) is 23.2. The minimum Gasteiger partial charge on any atom is -0.373 e. The number of halogens is 3. The molecule has 6 aromatic rings. The zero-order chi connectivity index (χ0) is 28.3. The van der Waals surface area contributed by atoms with Gasteiger partial charge in [0.05, 0.1) is 50.9 Å². The topological polar surface area (TPSA) is 104 Å². The van der Waals surface area contributed by atoms with Crippen LogP contribution in [0.5, 0.6) is 0 Å². The molecule has 0 fully saturated rings. The summed E-state index contributed by atoms with van der Waals surface area (Å²) in [6.07, 6.45) is 6.68. The maximum atomic E-state index is 13.8. The van der Waals surface area contributed by atoms with Crippen LogP contribution >= 0.6 is 23.2 Å². The third kappa shape index (κ3) is 5.39. The highest BCUT2D eigenvalue weighted by molar-refractivity contribution is 6.36. The van der Waals surface area contributed by atoms with Gasteiger partial charge in [0.2, 0.25) is 0 Å². The molecule has 200 valence electrons. The van der Waals surface area contributed by atoms with E-state index in [0.29, 0.717) is 38.7 Å². The molecule has 1 atom stereocenters. The van der Waals surface area contributed by atoms with Crippen LogP contribution in [0.25, 0.3) is 16.6 Å². The lowest BCUT2D eigenvalue weighted by molar-refractivity contribution is 0.628.